The van der Waals surface area contributed by atoms with Gasteiger partial charge in [0.1, 0.15) is 4.71 Å². The highest BCUT2D eigenvalue weighted by Crippen LogP contribution is 2.30. The number of H-pyrrole nitrogens is 1. The van der Waals surface area contributed by atoms with Crippen LogP contribution in [0.1, 0.15) is 5.56 Å². The molecule has 88 valence electrons. The third kappa shape index (κ3) is 2.05. The number of hydrogen-bond donors (Lipinski definition) is 3. The third-order valence-electron chi connectivity index (χ3n) is 2.93. The summed E-state index contributed by atoms with van der Waals surface area (Å²) in [6, 6.07) is 8.14. The number of rotatable bonds is 2. The summed E-state index contributed by atoms with van der Waals surface area (Å²) in [6.07, 6.45) is 2.74. The Bertz CT molecular complexity index is 566. The summed E-state index contributed by atoms with van der Waals surface area (Å²) >= 11 is 5.83. The Morgan fingerprint density at radius 2 is 2.18 bits per heavy atom. The molecule has 0 aliphatic carbocycles. The molecular weight excluding hydrogens is 252 g/mol. The van der Waals surface area contributed by atoms with E-state index in [2.05, 4.69) is 29.0 Å². The second-order valence-electron chi connectivity index (χ2n) is 4.05. The van der Waals surface area contributed by atoms with Gasteiger partial charge in [-0.05, 0) is 18.1 Å². The van der Waals surface area contributed by atoms with Crippen LogP contribution >= 0.6 is 24.4 Å². The van der Waals surface area contributed by atoms with Gasteiger partial charge in [0, 0.05) is 17.1 Å². The maximum absolute atomic E-state index is 11.7. The quantitative estimate of drug-likeness (QED) is 0.728. The molecule has 1 aromatic carbocycles. The van der Waals surface area contributed by atoms with Crippen molar-refractivity contribution in [2.24, 2.45) is 0 Å². The van der Waals surface area contributed by atoms with Gasteiger partial charge in [0.05, 0.1) is 5.25 Å². The van der Waals surface area contributed by atoms with Gasteiger partial charge in [-0.25, -0.2) is 0 Å². The van der Waals surface area contributed by atoms with Crippen LogP contribution in [0.25, 0.3) is 10.9 Å². The average Bonchev–Trinajstić information content (AvgIpc) is 2.85. The molecule has 1 saturated heterocycles. The second-order valence-corrected chi connectivity index (χ2v) is 6.23. The van der Waals surface area contributed by atoms with Crippen molar-refractivity contribution in [3.63, 3.8) is 0 Å². The highest BCUT2D eigenvalue weighted by atomic mass is 32.2. The molecule has 0 bridgehead atoms. The third-order valence-corrected chi connectivity index (χ3v) is 4.51. The van der Waals surface area contributed by atoms with E-state index in [1.807, 2.05) is 24.4 Å². The fourth-order valence-electron chi connectivity index (χ4n) is 2.11. The van der Waals surface area contributed by atoms with Crippen molar-refractivity contribution in [3.8, 4) is 0 Å². The van der Waals surface area contributed by atoms with Crippen LogP contribution in [-0.2, 0) is 11.2 Å². The number of amides is 1. The fourth-order valence-corrected chi connectivity index (χ4v) is 3.64. The molecule has 0 spiro atoms. The number of nitrogens with one attached hydrogen (secondary N) is 2. The molecule has 2 unspecified atom stereocenters. The van der Waals surface area contributed by atoms with Crippen molar-refractivity contribution in [1.82, 2.24) is 10.3 Å². The van der Waals surface area contributed by atoms with Crippen molar-refractivity contribution < 1.29 is 4.79 Å². The van der Waals surface area contributed by atoms with Crippen LogP contribution in [0.2, 0.25) is 0 Å². The smallest absolute Gasteiger partial charge is 0.235 e. The largest absolute Gasteiger partial charge is 0.361 e. The first-order valence-electron chi connectivity index (χ1n) is 5.43. The molecule has 1 amide bonds. The number of hydrogen-bond acceptors (Lipinski definition) is 3. The number of benzene rings is 1. The minimum Gasteiger partial charge on any atom is -0.361 e. The monoisotopic (exact) mass is 264 g/mol. The zero-order valence-corrected chi connectivity index (χ0v) is 10.7. The Morgan fingerprint density at radius 3 is 2.94 bits per heavy atom. The minimum absolute atomic E-state index is 0.0308. The molecule has 0 radical (unpaired) electrons. The molecule has 5 heteroatoms. The summed E-state index contributed by atoms with van der Waals surface area (Å²) in [5.74, 6) is 0.0836. The van der Waals surface area contributed by atoms with Crippen LogP contribution in [0.15, 0.2) is 30.5 Å². The maximum atomic E-state index is 11.7. The Labute approximate surface area is 109 Å². The van der Waals surface area contributed by atoms with Crippen LogP contribution in [0, 0.1) is 0 Å². The maximum Gasteiger partial charge on any atom is 0.235 e. The number of para-hydroxylation sites is 1. The lowest BCUT2D eigenvalue weighted by Gasteiger charge is -2.04. The van der Waals surface area contributed by atoms with E-state index >= 15 is 0 Å². The number of fused-ring (bicyclic) bond motifs is 1. The summed E-state index contributed by atoms with van der Waals surface area (Å²) in [5, 5.41) is 3.97. The predicted molar refractivity (Wildman–Crippen MR) is 74.3 cm³/mol. The molecule has 1 aliphatic rings. The van der Waals surface area contributed by atoms with Gasteiger partial charge in [-0.1, -0.05) is 18.2 Å². The molecule has 2 N–H and O–H groups in total. The van der Waals surface area contributed by atoms with Crippen LogP contribution in [0.5, 0.6) is 0 Å². The molecule has 2 atom stereocenters. The Hall–Kier alpha value is -1.07. The van der Waals surface area contributed by atoms with Crippen molar-refractivity contribution in [3.05, 3.63) is 36.0 Å². The lowest BCUT2D eigenvalue weighted by atomic mass is 10.1. The number of aromatic nitrogens is 1. The number of aromatic amines is 1. The molecular formula is C12H12N2OS2. The van der Waals surface area contributed by atoms with Gasteiger partial charge in [-0.15, -0.1) is 24.4 Å². The summed E-state index contributed by atoms with van der Waals surface area (Å²) in [5.41, 5.74) is 2.31. The van der Waals surface area contributed by atoms with Gasteiger partial charge in [0.2, 0.25) is 5.91 Å². The topological polar surface area (TPSA) is 44.9 Å². The van der Waals surface area contributed by atoms with E-state index in [9.17, 15) is 4.79 Å². The molecule has 1 aliphatic heterocycles. The van der Waals surface area contributed by atoms with Crippen LogP contribution in [-0.4, -0.2) is 20.8 Å². The molecule has 1 fully saturated rings. The molecule has 3 nitrogen and oxygen atoms in total. The number of carbonyl (C=O) groups excluding carboxylic acids is 1. The van der Waals surface area contributed by atoms with Gasteiger partial charge >= 0.3 is 0 Å². The fraction of sp³-hybridized carbons (Fsp3) is 0.250. The Morgan fingerprint density at radius 1 is 1.35 bits per heavy atom. The second kappa shape index (κ2) is 4.31. The summed E-state index contributed by atoms with van der Waals surface area (Å²) in [7, 11) is 0. The Kier molecular flexibility index (Phi) is 2.80. The first kappa shape index (κ1) is 11.0. The van der Waals surface area contributed by atoms with E-state index in [1.165, 1.54) is 10.9 Å². The lowest BCUT2D eigenvalue weighted by Crippen LogP contribution is -2.26. The normalized spacial score (nSPS) is 24.2. The first-order chi connectivity index (χ1) is 8.24. The van der Waals surface area contributed by atoms with Crippen molar-refractivity contribution in [1.29, 1.82) is 0 Å². The Balaban J connectivity index is 1.88. The van der Waals surface area contributed by atoms with E-state index in [4.69, 9.17) is 0 Å². The first-order valence-corrected chi connectivity index (χ1v) is 6.89. The molecule has 0 saturated carbocycles. The van der Waals surface area contributed by atoms with E-state index in [0.29, 0.717) is 0 Å². The van der Waals surface area contributed by atoms with Crippen LogP contribution in [0.3, 0.4) is 0 Å². The minimum atomic E-state index is -0.0716. The SMILES string of the molecule is O=C1NC(S)SC1Cc1c[nH]c2ccccc12. The highest BCUT2D eigenvalue weighted by molar-refractivity contribution is 8.11. The molecule has 1 aromatic heterocycles. The standard InChI is InChI=1S/C12H12N2OS2/c15-11-10(17-12(16)14-11)5-7-6-13-9-4-2-1-3-8(7)9/h1-4,6,10,12-13,16H,5H2,(H,14,15). The van der Waals surface area contributed by atoms with Crippen molar-refractivity contribution in [2.75, 3.05) is 0 Å². The highest BCUT2D eigenvalue weighted by Gasteiger charge is 2.31. The van der Waals surface area contributed by atoms with Crippen molar-refractivity contribution >= 4 is 41.2 Å². The zero-order chi connectivity index (χ0) is 11.8. The van der Waals surface area contributed by atoms with Crippen molar-refractivity contribution in [2.45, 2.75) is 16.4 Å². The predicted octanol–water partition coefficient (Wildman–Crippen LogP) is 2.16. The molecule has 2 aromatic rings. The number of carbonyl (C=O) groups is 1. The van der Waals surface area contributed by atoms with Gasteiger partial charge in [-0.3, -0.25) is 4.79 Å². The van der Waals surface area contributed by atoms with Crippen LogP contribution < -0.4 is 5.32 Å². The van der Waals surface area contributed by atoms with Gasteiger partial charge < -0.3 is 10.3 Å². The van der Waals surface area contributed by atoms with E-state index in [0.717, 1.165) is 11.9 Å². The van der Waals surface area contributed by atoms with Gasteiger partial charge in [-0.2, -0.15) is 0 Å². The molecule has 17 heavy (non-hydrogen) atoms. The van der Waals surface area contributed by atoms with Crippen LogP contribution in [0.4, 0.5) is 0 Å². The summed E-state index contributed by atoms with van der Waals surface area (Å²) < 4.78 is -0.0716. The van der Waals surface area contributed by atoms with Gasteiger partial charge in [0.25, 0.3) is 0 Å². The molecule has 2 heterocycles. The average molecular weight is 264 g/mol. The van der Waals surface area contributed by atoms with E-state index in [1.54, 1.807) is 11.8 Å². The van der Waals surface area contributed by atoms with E-state index < -0.39 is 0 Å². The summed E-state index contributed by atoms with van der Waals surface area (Å²) in [6.45, 7) is 0. The number of thioether (sulfide) groups is 1. The number of thiol groups is 1. The zero-order valence-electron chi connectivity index (χ0n) is 9.01. The van der Waals surface area contributed by atoms with Gasteiger partial charge in [0.15, 0.2) is 0 Å². The summed E-state index contributed by atoms with van der Waals surface area (Å²) in [4.78, 5) is 14.9. The molecule has 3 rings (SSSR count). The lowest BCUT2D eigenvalue weighted by molar-refractivity contribution is -0.119. The van der Waals surface area contributed by atoms with E-state index in [-0.39, 0.29) is 15.9 Å².